The van der Waals surface area contributed by atoms with Gasteiger partial charge in [0.1, 0.15) is 17.5 Å². The summed E-state index contributed by atoms with van der Waals surface area (Å²) in [5.41, 5.74) is -0.346. The molecule has 1 rings (SSSR count). The van der Waals surface area contributed by atoms with E-state index in [2.05, 4.69) is 27.5 Å². The highest BCUT2D eigenvalue weighted by molar-refractivity contribution is 5.49. The average molecular weight is 266 g/mol. The quantitative estimate of drug-likeness (QED) is 0.674. The van der Waals surface area contributed by atoms with E-state index in [4.69, 9.17) is 0 Å². The van der Waals surface area contributed by atoms with Gasteiger partial charge in [0.25, 0.3) is 0 Å². The van der Waals surface area contributed by atoms with Gasteiger partial charge in [-0.25, -0.2) is 9.97 Å². The molecule has 5 heteroatoms. The highest BCUT2D eigenvalue weighted by Gasteiger charge is 2.21. The molecular formula is C14H26N4O. The van der Waals surface area contributed by atoms with E-state index in [-0.39, 0.29) is 12.1 Å². The molecule has 1 aromatic heterocycles. The Hall–Kier alpha value is -1.36. The van der Waals surface area contributed by atoms with E-state index in [1.54, 1.807) is 0 Å². The number of nitrogens with zero attached hydrogens (tertiary/aromatic N) is 2. The molecule has 0 bridgehead atoms. The lowest BCUT2D eigenvalue weighted by Gasteiger charge is -2.28. The van der Waals surface area contributed by atoms with E-state index < -0.39 is 0 Å². The van der Waals surface area contributed by atoms with Crippen molar-refractivity contribution in [3.05, 3.63) is 11.9 Å². The summed E-state index contributed by atoms with van der Waals surface area (Å²) >= 11 is 0. The Balaban J connectivity index is 2.92. The lowest BCUT2D eigenvalue weighted by atomic mass is 10.0. The van der Waals surface area contributed by atoms with Gasteiger partial charge in [-0.1, -0.05) is 20.8 Å². The predicted molar refractivity (Wildman–Crippen MR) is 79.6 cm³/mol. The van der Waals surface area contributed by atoms with Crippen molar-refractivity contribution < 1.29 is 5.11 Å². The number of hydrogen-bond donors (Lipinski definition) is 3. The highest BCUT2D eigenvalue weighted by atomic mass is 16.3. The van der Waals surface area contributed by atoms with Gasteiger partial charge in [0.05, 0.1) is 12.1 Å². The van der Waals surface area contributed by atoms with Gasteiger partial charge in [-0.05, 0) is 19.8 Å². The molecular weight excluding hydrogens is 240 g/mol. The van der Waals surface area contributed by atoms with Crippen molar-refractivity contribution in [3.8, 4) is 0 Å². The van der Waals surface area contributed by atoms with Crippen LogP contribution in [0.3, 0.4) is 0 Å². The average Bonchev–Trinajstić information content (AvgIpc) is 2.44. The van der Waals surface area contributed by atoms with Crippen molar-refractivity contribution in [1.29, 1.82) is 0 Å². The molecule has 0 fully saturated rings. The fourth-order valence-electron chi connectivity index (χ4n) is 1.61. The first kappa shape index (κ1) is 15.7. The first-order chi connectivity index (χ1) is 9.06. The van der Waals surface area contributed by atoms with Crippen molar-refractivity contribution >= 4 is 11.6 Å². The maximum Gasteiger partial charge on any atom is 0.132 e. The number of aromatic nitrogens is 2. The van der Waals surface area contributed by atoms with E-state index in [1.165, 1.54) is 0 Å². The third-order valence-corrected chi connectivity index (χ3v) is 3.20. The van der Waals surface area contributed by atoms with E-state index in [1.807, 2.05) is 26.8 Å². The molecule has 0 aliphatic rings. The lowest BCUT2D eigenvalue weighted by Crippen LogP contribution is -2.38. The number of anilines is 2. The van der Waals surface area contributed by atoms with Gasteiger partial charge in [-0.15, -0.1) is 0 Å². The Kier molecular flexibility index (Phi) is 6.02. The smallest absolute Gasteiger partial charge is 0.132 e. The standard InChI is InChI=1S/C14H26N4O/c1-5-8-15-12-9-13(17-11(6-2)16-12)18-14(4,7-3)10-19/h9,19H,5-8,10H2,1-4H3,(H2,15,16,17,18). The molecule has 3 N–H and O–H groups in total. The summed E-state index contributed by atoms with van der Waals surface area (Å²) in [6.07, 6.45) is 2.67. The Morgan fingerprint density at radius 1 is 1.21 bits per heavy atom. The molecule has 1 atom stereocenters. The summed E-state index contributed by atoms with van der Waals surface area (Å²) in [5, 5.41) is 16.0. The first-order valence-corrected chi connectivity index (χ1v) is 7.07. The highest BCUT2D eigenvalue weighted by Crippen LogP contribution is 2.19. The minimum absolute atomic E-state index is 0.0761. The molecule has 5 nitrogen and oxygen atoms in total. The molecule has 0 aliphatic carbocycles. The van der Waals surface area contributed by atoms with Crippen LogP contribution >= 0.6 is 0 Å². The van der Waals surface area contributed by atoms with Crippen molar-refractivity contribution in [1.82, 2.24) is 9.97 Å². The second kappa shape index (κ2) is 7.28. The molecule has 0 amide bonds. The monoisotopic (exact) mass is 266 g/mol. The Labute approximate surface area is 115 Å². The SMILES string of the molecule is CCCNc1cc(NC(C)(CC)CO)nc(CC)n1. The molecule has 0 saturated carbocycles. The van der Waals surface area contributed by atoms with Gasteiger partial charge in [0, 0.05) is 19.0 Å². The normalized spacial score (nSPS) is 13.9. The molecule has 1 aromatic rings. The van der Waals surface area contributed by atoms with Crippen LogP contribution in [0.25, 0.3) is 0 Å². The minimum atomic E-state index is -0.346. The van der Waals surface area contributed by atoms with Crippen molar-refractivity contribution in [2.75, 3.05) is 23.8 Å². The van der Waals surface area contributed by atoms with Crippen molar-refractivity contribution in [2.24, 2.45) is 0 Å². The van der Waals surface area contributed by atoms with Crippen LogP contribution in [-0.2, 0) is 6.42 Å². The molecule has 0 radical (unpaired) electrons. The van der Waals surface area contributed by atoms with Gasteiger partial charge in [-0.2, -0.15) is 0 Å². The van der Waals surface area contributed by atoms with Gasteiger partial charge in [0.15, 0.2) is 0 Å². The third kappa shape index (κ3) is 4.67. The van der Waals surface area contributed by atoms with Crippen LogP contribution in [0.5, 0.6) is 0 Å². The summed E-state index contributed by atoms with van der Waals surface area (Å²) in [6, 6.07) is 1.90. The molecule has 108 valence electrons. The van der Waals surface area contributed by atoms with E-state index in [0.29, 0.717) is 0 Å². The fraction of sp³-hybridized carbons (Fsp3) is 0.714. The number of aliphatic hydroxyl groups is 1. The molecule has 19 heavy (non-hydrogen) atoms. The zero-order valence-corrected chi connectivity index (χ0v) is 12.5. The summed E-state index contributed by atoms with van der Waals surface area (Å²) in [6.45, 7) is 9.15. The second-order valence-electron chi connectivity index (χ2n) is 5.03. The summed E-state index contributed by atoms with van der Waals surface area (Å²) in [7, 11) is 0. The number of rotatable bonds is 8. The van der Waals surface area contributed by atoms with Gasteiger partial charge >= 0.3 is 0 Å². The van der Waals surface area contributed by atoms with Crippen LogP contribution in [0, 0.1) is 0 Å². The third-order valence-electron chi connectivity index (χ3n) is 3.20. The van der Waals surface area contributed by atoms with Crippen LogP contribution in [0.15, 0.2) is 6.07 Å². The van der Waals surface area contributed by atoms with Crippen LogP contribution < -0.4 is 10.6 Å². The summed E-state index contributed by atoms with van der Waals surface area (Å²) < 4.78 is 0. The molecule has 0 aliphatic heterocycles. The van der Waals surface area contributed by atoms with Gasteiger partial charge < -0.3 is 15.7 Å². The van der Waals surface area contributed by atoms with E-state index >= 15 is 0 Å². The van der Waals surface area contributed by atoms with E-state index in [0.717, 1.165) is 43.3 Å². The zero-order valence-electron chi connectivity index (χ0n) is 12.5. The number of aryl methyl sites for hydroxylation is 1. The lowest BCUT2D eigenvalue weighted by molar-refractivity contribution is 0.218. The fourth-order valence-corrected chi connectivity index (χ4v) is 1.61. The molecule has 0 aromatic carbocycles. The van der Waals surface area contributed by atoms with Crippen LogP contribution in [0.4, 0.5) is 11.6 Å². The maximum absolute atomic E-state index is 9.46. The Bertz CT molecular complexity index is 391. The molecule has 1 heterocycles. The van der Waals surface area contributed by atoms with Gasteiger partial charge in [0.2, 0.25) is 0 Å². The summed E-state index contributed by atoms with van der Waals surface area (Å²) in [5.74, 6) is 2.41. The number of hydrogen-bond acceptors (Lipinski definition) is 5. The Morgan fingerprint density at radius 2 is 1.89 bits per heavy atom. The molecule has 1 unspecified atom stereocenters. The van der Waals surface area contributed by atoms with Crippen molar-refractivity contribution in [2.45, 2.75) is 52.5 Å². The molecule has 0 saturated heterocycles. The zero-order chi connectivity index (χ0) is 14.3. The van der Waals surface area contributed by atoms with Crippen molar-refractivity contribution in [3.63, 3.8) is 0 Å². The maximum atomic E-state index is 9.46. The Morgan fingerprint density at radius 3 is 2.42 bits per heavy atom. The largest absolute Gasteiger partial charge is 0.394 e. The van der Waals surface area contributed by atoms with Crippen LogP contribution in [-0.4, -0.2) is 33.8 Å². The number of nitrogens with one attached hydrogen (secondary N) is 2. The number of aliphatic hydroxyl groups excluding tert-OH is 1. The first-order valence-electron chi connectivity index (χ1n) is 7.07. The topological polar surface area (TPSA) is 70.1 Å². The second-order valence-corrected chi connectivity index (χ2v) is 5.03. The summed E-state index contributed by atoms with van der Waals surface area (Å²) in [4.78, 5) is 8.91. The predicted octanol–water partition coefficient (Wildman–Crippen LogP) is 2.43. The van der Waals surface area contributed by atoms with Gasteiger partial charge in [-0.3, -0.25) is 0 Å². The van der Waals surface area contributed by atoms with Crippen LogP contribution in [0.2, 0.25) is 0 Å². The van der Waals surface area contributed by atoms with E-state index in [9.17, 15) is 5.11 Å². The van der Waals surface area contributed by atoms with Crippen LogP contribution in [0.1, 0.15) is 46.4 Å². The minimum Gasteiger partial charge on any atom is -0.394 e. The molecule has 0 spiro atoms.